The summed E-state index contributed by atoms with van der Waals surface area (Å²) in [5.74, 6) is 1.65. The predicted molar refractivity (Wildman–Crippen MR) is 101 cm³/mol. The Hall–Kier alpha value is -3.34. The molecule has 1 heterocycles. The van der Waals surface area contributed by atoms with Gasteiger partial charge >= 0.3 is 0 Å². The molecule has 26 heavy (non-hydrogen) atoms. The third kappa shape index (κ3) is 2.88. The third-order valence-electron chi connectivity index (χ3n) is 4.49. The van der Waals surface area contributed by atoms with Gasteiger partial charge in [0.25, 0.3) is 0 Å². The minimum atomic E-state index is -0.0980. The molecule has 0 radical (unpaired) electrons. The zero-order valence-corrected chi connectivity index (χ0v) is 14.7. The van der Waals surface area contributed by atoms with E-state index in [0.29, 0.717) is 0 Å². The first kappa shape index (κ1) is 16.1. The molecule has 0 aliphatic rings. The normalized spacial score (nSPS) is 11.0. The third-order valence-corrected chi connectivity index (χ3v) is 4.49. The fraction of sp³-hybridized carbons (Fsp3) is 0.143. The lowest BCUT2D eigenvalue weighted by atomic mass is 9.98. The minimum Gasteiger partial charge on any atom is -0.497 e. The molecule has 0 saturated heterocycles. The SMILES string of the molecule is COc1ccc(C(c2ccc(OC)cc2)n2nnc3ccccc32)cc1. The summed E-state index contributed by atoms with van der Waals surface area (Å²) < 4.78 is 12.5. The van der Waals surface area contributed by atoms with Gasteiger partial charge in [-0.15, -0.1) is 5.10 Å². The molecule has 130 valence electrons. The summed E-state index contributed by atoms with van der Waals surface area (Å²) >= 11 is 0. The number of aromatic nitrogens is 3. The highest BCUT2D eigenvalue weighted by atomic mass is 16.5. The van der Waals surface area contributed by atoms with Crippen LogP contribution in [0.3, 0.4) is 0 Å². The fourth-order valence-electron chi connectivity index (χ4n) is 3.12. The topological polar surface area (TPSA) is 49.2 Å². The van der Waals surface area contributed by atoms with Crippen LogP contribution in [0, 0.1) is 0 Å². The number of hydrogen-bond acceptors (Lipinski definition) is 4. The molecule has 0 atom stereocenters. The highest BCUT2D eigenvalue weighted by molar-refractivity contribution is 5.74. The molecule has 0 aliphatic heterocycles. The van der Waals surface area contributed by atoms with Gasteiger partial charge in [-0.05, 0) is 47.5 Å². The first-order chi connectivity index (χ1) is 12.8. The Labute approximate surface area is 151 Å². The van der Waals surface area contributed by atoms with Crippen molar-refractivity contribution in [1.82, 2.24) is 15.0 Å². The summed E-state index contributed by atoms with van der Waals surface area (Å²) in [7, 11) is 3.34. The fourth-order valence-corrected chi connectivity index (χ4v) is 3.12. The first-order valence-electron chi connectivity index (χ1n) is 8.38. The van der Waals surface area contributed by atoms with Gasteiger partial charge in [-0.1, -0.05) is 41.6 Å². The number of benzene rings is 3. The van der Waals surface area contributed by atoms with E-state index in [4.69, 9.17) is 9.47 Å². The van der Waals surface area contributed by atoms with E-state index in [1.807, 2.05) is 53.2 Å². The maximum Gasteiger partial charge on any atom is 0.118 e. The number of methoxy groups -OCH3 is 2. The van der Waals surface area contributed by atoms with Gasteiger partial charge in [0.1, 0.15) is 23.1 Å². The largest absolute Gasteiger partial charge is 0.497 e. The molecule has 0 amide bonds. The van der Waals surface area contributed by atoms with Crippen molar-refractivity contribution in [2.24, 2.45) is 0 Å². The van der Waals surface area contributed by atoms with Crippen molar-refractivity contribution >= 4 is 11.0 Å². The Bertz CT molecular complexity index is 960. The lowest BCUT2D eigenvalue weighted by Crippen LogP contribution is -2.14. The molecular weight excluding hydrogens is 326 g/mol. The molecule has 0 aliphatic carbocycles. The maximum absolute atomic E-state index is 5.29. The molecular formula is C21H19N3O2. The van der Waals surface area contributed by atoms with E-state index in [1.165, 1.54) is 0 Å². The second kappa shape index (κ2) is 6.88. The Morgan fingerprint density at radius 3 is 1.81 bits per heavy atom. The van der Waals surface area contributed by atoms with Crippen LogP contribution in [0.5, 0.6) is 11.5 Å². The minimum absolute atomic E-state index is 0.0980. The summed E-state index contributed by atoms with van der Waals surface area (Å²) in [6, 6.07) is 24.0. The highest BCUT2D eigenvalue weighted by Gasteiger charge is 2.20. The van der Waals surface area contributed by atoms with Crippen LogP contribution in [0.15, 0.2) is 72.8 Å². The zero-order chi connectivity index (χ0) is 17.9. The first-order valence-corrected chi connectivity index (χ1v) is 8.38. The van der Waals surface area contributed by atoms with E-state index in [0.717, 1.165) is 33.7 Å². The molecule has 0 spiro atoms. The standard InChI is InChI=1S/C21H19N3O2/c1-25-17-11-7-15(8-12-17)21(16-9-13-18(26-2)14-10-16)24-20-6-4-3-5-19(20)22-23-24/h3-14,21H,1-2H3. The summed E-state index contributed by atoms with van der Waals surface area (Å²) in [5, 5.41) is 8.76. The molecule has 5 heteroatoms. The van der Waals surface area contributed by atoms with Crippen molar-refractivity contribution in [3.05, 3.63) is 83.9 Å². The number of ether oxygens (including phenoxy) is 2. The van der Waals surface area contributed by atoms with Crippen molar-refractivity contribution in [3.8, 4) is 11.5 Å². The van der Waals surface area contributed by atoms with Crippen LogP contribution >= 0.6 is 0 Å². The van der Waals surface area contributed by atoms with Crippen LogP contribution in [0.25, 0.3) is 11.0 Å². The number of para-hydroxylation sites is 1. The molecule has 0 saturated carbocycles. The van der Waals surface area contributed by atoms with Crippen LogP contribution in [0.4, 0.5) is 0 Å². The summed E-state index contributed by atoms with van der Waals surface area (Å²) in [5.41, 5.74) is 4.07. The molecule has 5 nitrogen and oxygen atoms in total. The quantitative estimate of drug-likeness (QED) is 0.547. The van der Waals surface area contributed by atoms with Crippen LogP contribution in [-0.4, -0.2) is 29.2 Å². The van der Waals surface area contributed by atoms with E-state index in [-0.39, 0.29) is 6.04 Å². The number of nitrogens with zero attached hydrogens (tertiary/aromatic N) is 3. The van der Waals surface area contributed by atoms with Gasteiger partial charge in [-0.25, -0.2) is 4.68 Å². The van der Waals surface area contributed by atoms with Crippen LogP contribution in [-0.2, 0) is 0 Å². The maximum atomic E-state index is 5.29. The van der Waals surface area contributed by atoms with Crippen molar-refractivity contribution in [2.75, 3.05) is 14.2 Å². The predicted octanol–water partition coefficient (Wildman–Crippen LogP) is 4.09. The Kier molecular flexibility index (Phi) is 4.27. The average molecular weight is 345 g/mol. The molecule has 0 fully saturated rings. The average Bonchev–Trinajstić information content (AvgIpc) is 3.13. The molecule has 4 rings (SSSR count). The van der Waals surface area contributed by atoms with Crippen molar-refractivity contribution in [3.63, 3.8) is 0 Å². The van der Waals surface area contributed by atoms with Crippen molar-refractivity contribution in [2.45, 2.75) is 6.04 Å². The Balaban J connectivity index is 1.87. The molecule has 4 aromatic rings. The molecule has 0 N–H and O–H groups in total. The van der Waals surface area contributed by atoms with Crippen molar-refractivity contribution in [1.29, 1.82) is 0 Å². The lowest BCUT2D eigenvalue weighted by molar-refractivity contribution is 0.414. The number of rotatable bonds is 5. The molecule has 1 aromatic heterocycles. The van der Waals surface area contributed by atoms with Gasteiger partial charge in [0.15, 0.2) is 0 Å². The second-order valence-corrected chi connectivity index (χ2v) is 5.97. The highest BCUT2D eigenvalue weighted by Crippen LogP contribution is 2.31. The van der Waals surface area contributed by atoms with Gasteiger partial charge in [0.2, 0.25) is 0 Å². The van der Waals surface area contributed by atoms with Gasteiger partial charge in [-0.3, -0.25) is 0 Å². The second-order valence-electron chi connectivity index (χ2n) is 5.97. The lowest BCUT2D eigenvalue weighted by Gasteiger charge is -2.19. The van der Waals surface area contributed by atoms with E-state index in [9.17, 15) is 0 Å². The summed E-state index contributed by atoms with van der Waals surface area (Å²) in [6.07, 6.45) is 0. The summed E-state index contributed by atoms with van der Waals surface area (Å²) in [4.78, 5) is 0. The van der Waals surface area contributed by atoms with Crippen LogP contribution < -0.4 is 9.47 Å². The Morgan fingerprint density at radius 1 is 0.731 bits per heavy atom. The van der Waals surface area contributed by atoms with Crippen LogP contribution in [0.2, 0.25) is 0 Å². The van der Waals surface area contributed by atoms with E-state index < -0.39 is 0 Å². The Morgan fingerprint density at radius 2 is 1.27 bits per heavy atom. The van der Waals surface area contributed by atoms with E-state index in [2.05, 4.69) is 34.6 Å². The van der Waals surface area contributed by atoms with Gasteiger partial charge < -0.3 is 9.47 Å². The van der Waals surface area contributed by atoms with Crippen molar-refractivity contribution < 1.29 is 9.47 Å². The number of hydrogen-bond donors (Lipinski definition) is 0. The summed E-state index contributed by atoms with van der Waals surface area (Å²) in [6.45, 7) is 0. The molecule has 0 unspecified atom stereocenters. The van der Waals surface area contributed by atoms with E-state index >= 15 is 0 Å². The smallest absolute Gasteiger partial charge is 0.118 e. The van der Waals surface area contributed by atoms with Gasteiger partial charge in [-0.2, -0.15) is 0 Å². The van der Waals surface area contributed by atoms with E-state index in [1.54, 1.807) is 14.2 Å². The molecule has 0 bridgehead atoms. The van der Waals surface area contributed by atoms with Gasteiger partial charge in [0.05, 0.1) is 19.7 Å². The zero-order valence-electron chi connectivity index (χ0n) is 14.7. The van der Waals surface area contributed by atoms with Gasteiger partial charge in [0, 0.05) is 0 Å². The molecule has 3 aromatic carbocycles. The van der Waals surface area contributed by atoms with Crippen LogP contribution in [0.1, 0.15) is 17.2 Å². The number of fused-ring (bicyclic) bond motifs is 1. The monoisotopic (exact) mass is 345 g/mol.